The molecule has 3 aromatic carbocycles. The van der Waals surface area contributed by atoms with Crippen molar-refractivity contribution in [2.75, 3.05) is 6.61 Å². The minimum Gasteiger partial charge on any atom is -0.480 e. The van der Waals surface area contributed by atoms with Crippen LogP contribution in [0.15, 0.2) is 60.7 Å². The van der Waals surface area contributed by atoms with Crippen LogP contribution in [0, 0.1) is 15.2 Å². The molecule has 0 N–H and O–H groups in total. The minimum atomic E-state index is -0.883. The van der Waals surface area contributed by atoms with Gasteiger partial charge in [-0.2, -0.15) is 0 Å². The van der Waals surface area contributed by atoms with Crippen molar-refractivity contribution in [3.63, 3.8) is 0 Å². The topological polar surface area (TPSA) is 27.7 Å². The quantitative estimate of drug-likeness (QED) is 0.309. The molecule has 2 aliphatic heterocycles. The van der Waals surface area contributed by atoms with Gasteiger partial charge in [-0.25, -0.2) is 8.78 Å². The van der Waals surface area contributed by atoms with E-state index < -0.39 is 17.7 Å². The highest BCUT2D eigenvalue weighted by Crippen LogP contribution is 2.48. The van der Waals surface area contributed by atoms with E-state index in [0.717, 1.165) is 45.6 Å². The zero-order chi connectivity index (χ0) is 22.9. The van der Waals surface area contributed by atoms with Gasteiger partial charge in [-0.15, -0.1) is 0 Å². The molecule has 3 aromatic rings. The molecular weight excluding hydrogens is 537 g/mol. The monoisotopic (exact) mass is 560 g/mol. The molecule has 0 aromatic heterocycles. The van der Waals surface area contributed by atoms with E-state index in [9.17, 15) is 8.78 Å². The Morgan fingerprint density at radius 1 is 0.970 bits per heavy atom. The standard InChI is InChI=1S/C27H23F2IO3/c1-16-21-15-19(32-24-7-2-3-14-31-24)12-13-23(21)33-27(17-8-10-18(30)11-9-17)25(16)20-5-4-6-22(28)26(20)29/h4-6,8-13,15,24,27H,2-3,7,14H2,1H3. The summed E-state index contributed by atoms with van der Waals surface area (Å²) in [6, 6.07) is 17.7. The van der Waals surface area contributed by atoms with Crippen molar-refractivity contribution < 1.29 is 23.0 Å². The molecule has 0 saturated carbocycles. The van der Waals surface area contributed by atoms with Gasteiger partial charge in [0.05, 0.1) is 6.61 Å². The van der Waals surface area contributed by atoms with Crippen molar-refractivity contribution in [3.05, 3.63) is 92.6 Å². The number of ether oxygens (including phenoxy) is 3. The summed E-state index contributed by atoms with van der Waals surface area (Å²) in [5, 5.41) is 0. The van der Waals surface area contributed by atoms with E-state index in [0.29, 0.717) is 23.7 Å². The number of hydrogen-bond acceptors (Lipinski definition) is 3. The molecule has 0 amide bonds. The van der Waals surface area contributed by atoms with Gasteiger partial charge in [-0.1, -0.05) is 24.3 Å². The number of benzene rings is 3. The molecule has 0 aliphatic carbocycles. The van der Waals surface area contributed by atoms with Crippen molar-refractivity contribution in [3.8, 4) is 11.5 Å². The Hall–Kier alpha value is -2.45. The maximum absolute atomic E-state index is 15.0. The molecule has 170 valence electrons. The van der Waals surface area contributed by atoms with Gasteiger partial charge in [0, 0.05) is 26.7 Å². The van der Waals surface area contributed by atoms with Gasteiger partial charge in [0.25, 0.3) is 0 Å². The van der Waals surface area contributed by atoms with Crippen LogP contribution in [0.25, 0.3) is 11.1 Å². The SMILES string of the molecule is CC1=C(c2cccc(F)c2F)C(c2ccc(I)cc2)Oc2ccc(OC3CCCCO3)cc21. The molecule has 2 atom stereocenters. The predicted octanol–water partition coefficient (Wildman–Crippen LogP) is 7.54. The summed E-state index contributed by atoms with van der Waals surface area (Å²) in [5.74, 6) is -0.423. The van der Waals surface area contributed by atoms with Crippen molar-refractivity contribution in [1.29, 1.82) is 0 Å². The number of hydrogen-bond donors (Lipinski definition) is 0. The Morgan fingerprint density at radius 2 is 1.79 bits per heavy atom. The van der Waals surface area contributed by atoms with Gasteiger partial charge in [-0.3, -0.25) is 0 Å². The number of rotatable bonds is 4. The second-order valence-electron chi connectivity index (χ2n) is 8.26. The van der Waals surface area contributed by atoms with E-state index in [2.05, 4.69) is 22.6 Å². The third-order valence-corrected chi connectivity index (χ3v) is 6.81. The first-order valence-corrected chi connectivity index (χ1v) is 12.1. The molecule has 2 aliphatic rings. The largest absolute Gasteiger partial charge is 0.480 e. The Morgan fingerprint density at radius 3 is 2.55 bits per heavy atom. The van der Waals surface area contributed by atoms with Crippen molar-refractivity contribution in [1.82, 2.24) is 0 Å². The smallest absolute Gasteiger partial charge is 0.199 e. The van der Waals surface area contributed by atoms with Gasteiger partial charge in [0.15, 0.2) is 17.9 Å². The fraction of sp³-hybridized carbons (Fsp3) is 0.259. The van der Waals surface area contributed by atoms with Crippen LogP contribution in [0.5, 0.6) is 11.5 Å². The predicted molar refractivity (Wildman–Crippen MR) is 132 cm³/mol. The summed E-state index contributed by atoms with van der Waals surface area (Å²) in [4.78, 5) is 0. The van der Waals surface area contributed by atoms with Crippen LogP contribution in [0.4, 0.5) is 8.78 Å². The Bertz CT molecular complexity index is 1200. The lowest BCUT2D eigenvalue weighted by atomic mass is 9.86. The average molecular weight is 560 g/mol. The zero-order valence-corrected chi connectivity index (χ0v) is 20.3. The van der Waals surface area contributed by atoms with E-state index in [-0.39, 0.29) is 11.9 Å². The van der Waals surface area contributed by atoms with E-state index in [1.54, 1.807) is 6.07 Å². The first-order valence-electron chi connectivity index (χ1n) is 11.0. The van der Waals surface area contributed by atoms with E-state index in [1.807, 2.05) is 49.4 Å². The van der Waals surface area contributed by atoms with Crippen LogP contribution in [0.1, 0.15) is 49.0 Å². The maximum Gasteiger partial charge on any atom is 0.199 e. The summed E-state index contributed by atoms with van der Waals surface area (Å²) in [6.45, 7) is 2.61. The van der Waals surface area contributed by atoms with Crippen LogP contribution < -0.4 is 9.47 Å². The molecule has 2 heterocycles. The van der Waals surface area contributed by atoms with Crippen LogP contribution in [-0.4, -0.2) is 12.9 Å². The lowest BCUT2D eigenvalue weighted by Gasteiger charge is -2.32. The second kappa shape index (κ2) is 9.43. The second-order valence-corrected chi connectivity index (χ2v) is 9.51. The number of fused-ring (bicyclic) bond motifs is 1. The summed E-state index contributed by atoms with van der Waals surface area (Å²) >= 11 is 2.24. The molecule has 0 spiro atoms. The molecule has 5 rings (SSSR count). The summed E-state index contributed by atoms with van der Waals surface area (Å²) in [7, 11) is 0. The maximum atomic E-state index is 15.0. The number of halogens is 3. The van der Waals surface area contributed by atoms with E-state index >= 15 is 0 Å². The molecule has 6 heteroatoms. The first kappa shape index (κ1) is 22.3. The lowest BCUT2D eigenvalue weighted by Crippen LogP contribution is -2.25. The van der Waals surface area contributed by atoms with Gasteiger partial charge < -0.3 is 14.2 Å². The Kier molecular flexibility index (Phi) is 6.38. The molecule has 2 unspecified atom stereocenters. The lowest BCUT2D eigenvalue weighted by molar-refractivity contribution is -0.105. The highest BCUT2D eigenvalue weighted by Gasteiger charge is 2.32. The van der Waals surface area contributed by atoms with Gasteiger partial charge in [-0.05, 0) is 89.9 Å². The molecule has 3 nitrogen and oxygen atoms in total. The summed E-state index contributed by atoms with van der Waals surface area (Å²) in [6.07, 6.45) is 2.11. The minimum absolute atomic E-state index is 0.198. The zero-order valence-electron chi connectivity index (χ0n) is 18.1. The molecular formula is C27H23F2IO3. The van der Waals surface area contributed by atoms with Gasteiger partial charge in [0.2, 0.25) is 0 Å². The van der Waals surface area contributed by atoms with Gasteiger partial charge >= 0.3 is 0 Å². The fourth-order valence-corrected chi connectivity index (χ4v) is 4.75. The van der Waals surface area contributed by atoms with Crippen LogP contribution >= 0.6 is 22.6 Å². The van der Waals surface area contributed by atoms with Crippen molar-refractivity contribution >= 4 is 33.7 Å². The van der Waals surface area contributed by atoms with Crippen LogP contribution in [0.2, 0.25) is 0 Å². The van der Waals surface area contributed by atoms with Crippen LogP contribution in [0.3, 0.4) is 0 Å². The normalized spacial score (nSPS) is 20.2. The van der Waals surface area contributed by atoms with Crippen molar-refractivity contribution in [2.45, 2.75) is 38.6 Å². The van der Waals surface area contributed by atoms with Crippen LogP contribution in [-0.2, 0) is 4.74 Å². The average Bonchev–Trinajstić information content (AvgIpc) is 2.83. The molecule has 1 saturated heterocycles. The third kappa shape index (κ3) is 4.51. The Balaban J connectivity index is 1.61. The number of allylic oxidation sites excluding steroid dienone is 1. The molecule has 0 radical (unpaired) electrons. The highest BCUT2D eigenvalue weighted by atomic mass is 127. The van der Waals surface area contributed by atoms with Crippen molar-refractivity contribution in [2.24, 2.45) is 0 Å². The third-order valence-electron chi connectivity index (χ3n) is 6.09. The van der Waals surface area contributed by atoms with E-state index in [1.165, 1.54) is 6.07 Å². The first-order chi connectivity index (χ1) is 16.0. The Labute approximate surface area is 205 Å². The van der Waals surface area contributed by atoms with E-state index in [4.69, 9.17) is 14.2 Å². The van der Waals surface area contributed by atoms with Gasteiger partial charge in [0.1, 0.15) is 17.6 Å². The summed E-state index contributed by atoms with van der Waals surface area (Å²) < 4.78 is 48.4. The fourth-order valence-electron chi connectivity index (χ4n) is 4.39. The molecule has 0 bridgehead atoms. The highest BCUT2D eigenvalue weighted by molar-refractivity contribution is 14.1. The summed E-state index contributed by atoms with van der Waals surface area (Å²) in [5.41, 5.74) is 3.29. The molecule has 1 fully saturated rings. The molecule has 33 heavy (non-hydrogen) atoms.